The van der Waals surface area contributed by atoms with Crippen LogP contribution in [0.3, 0.4) is 0 Å². The maximum absolute atomic E-state index is 12.8. The number of aliphatic hydroxyl groups excluding tert-OH is 1. The molecule has 0 spiro atoms. The van der Waals surface area contributed by atoms with Crippen molar-refractivity contribution in [3.63, 3.8) is 0 Å². The van der Waals surface area contributed by atoms with Crippen molar-refractivity contribution in [3.05, 3.63) is 29.3 Å². The number of rotatable bonds is 4. The molecule has 0 radical (unpaired) electrons. The van der Waals surface area contributed by atoms with Gasteiger partial charge in [-0.2, -0.15) is 13.2 Å². The number of halogens is 3. The monoisotopic (exact) mass is 406 g/mol. The van der Waals surface area contributed by atoms with E-state index in [1.807, 2.05) is 11.0 Å². The Balaban J connectivity index is 1.66. The Bertz CT molecular complexity index is 775. The van der Waals surface area contributed by atoms with E-state index in [4.69, 9.17) is 0 Å². The van der Waals surface area contributed by atoms with Gasteiger partial charge >= 0.3 is 6.18 Å². The number of benzene rings is 1. The van der Waals surface area contributed by atoms with E-state index in [9.17, 15) is 26.7 Å². The van der Waals surface area contributed by atoms with Gasteiger partial charge in [0.25, 0.3) is 0 Å². The molecule has 27 heavy (non-hydrogen) atoms. The smallest absolute Gasteiger partial charge is 0.387 e. The molecule has 1 saturated heterocycles. The van der Waals surface area contributed by atoms with Gasteiger partial charge in [0, 0.05) is 13.1 Å². The van der Waals surface area contributed by atoms with Gasteiger partial charge in [0.2, 0.25) is 10.0 Å². The second kappa shape index (κ2) is 7.60. The molecule has 3 rings (SSSR count). The second-order valence-electron chi connectivity index (χ2n) is 7.46. The van der Waals surface area contributed by atoms with Gasteiger partial charge in [0.05, 0.1) is 24.0 Å². The zero-order valence-corrected chi connectivity index (χ0v) is 16.1. The van der Waals surface area contributed by atoms with Crippen LogP contribution in [0.15, 0.2) is 18.2 Å². The molecule has 152 valence electrons. The number of nitrogens with zero attached hydrogens (tertiary/aromatic N) is 2. The minimum atomic E-state index is -4.14. The summed E-state index contributed by atoms with van der Waals surface area (Å²) in [4.78, 5) is 1.86. The molecule has 1 atom stereocenters. The number of aryl methyl sites for hydroxylation is 1. The lowest BCUT2D eigenvalue weighted by atomic mass is 9.95. The van der Waals surface area contributed by atoms with Crippen LogP contribution in [0.1, 0.15) is 36.5 Å². The van der Waals surface area contributed by atoms with Crippen LogP contribution < -0.4 is 4.31 Å². The molecule has 5 nitrogen and oxygen atoms in total. The van der Waals surface area contributed by atoms with Gasteiger partial charge in [0.15, 0.2) is 0 Å². The van der Waals surface area contributed by atoms with Crippen molar-refractivity contribution in [2.24, 2.45) is 5.92 Å². The summed E-state index contributed by atoms with van der Waals surface area (Å²) in [6.07, 6.45) is -2.22. The molecule has 1 aromatic rings. The van der Waals surface area contributed by atoms with Gasteiger partial charge in [-0.15, -0.1) is 0 Å². The highest BCUT2D eigenvalue weighted by Gasteiger charge is 2.41. The first-order valence-electron chi connectivity index (χ1n) is 9.13. The van der Waals surface area contributed by atoms with Crippen molar-refractivity contribution in [1.29, 1.82) is 0 Å². The van der Waals surface area contributed by atoms with Crippen molar-refractivity contribution < 1.29 is 26.7 Å². The number of β-amino-alcohol motifs (C(OH)–C–C–N with tert-alkyl or cyclic N) is 1. The summed E-state index contributed by atoms with van der Waals surface area (Å²) >= 11 is 0. The molecule has 1 unspecified atom stereocenters. The molecule has 2 aliphatic rings. The molecule has 0 aromatic heterocycles. The van der Waals surface area contributed by atoms with E-state index >= 15 is 0 Å². The Hall–Kier alpha value is -1.32. The normalized spacial score (nSPS) is 21.1. The third-order valence-electron chi connectivity index (χ3n) is 5.45. The van der Waals surface area contributed by atoms with Crippen molar-refractivity contribution in [1.82, 2.24) is 4.90 Å². The summed E-state index contributed by atoms with van der Waals surface area (Å²) in [6.45, 7) is 1.35. The maximum Gasteiger partial charge on any atom is 0.391 e. The average molecular weight is 406 g/mol. The summed E-state index contributed by atoms with van der Waals surface area (Å²) in [5, 5.41) is 10.5. The highest BCUT2D eigenvalue weighted by atomic mass is 32.2. The number of sulfonamides is 1. The highest BCUT2D eigenvalue weighted by molar-refractivity contribution is 7.92. The van der Waals surface area contributed by atoms with Crippen LogP contribution in [0.25, 0.3) is 0 Å². The summed E-state index contributed by atoms with van der Waals surface area (Å²) in [6, 6.07) is 5.24. The molecule has 0 amide bonds. The number of hydrogen-bond donors (Lipinski definition) is 1. The van der Waals surface area contributed by atoms with Crippen LogP contribution in [0.4, 0.5) is 18.9 Å². The number of piperidine rings is 1. The molecule has 9 heteroatoms. The minimum Gasteiger partial charge on any atom is -0.387 e. The van der Waals surface area contributed by atoms with Gasteiger partial charge in [-0.3, -0.25) is 4.31 Å². The fourth-order valence-corrected chi connectivity index (χ4v) is 4.92. The predicted octanol–water partition coefficient (Wildman–Crippen LogP) is 2.71. The van der Waals surface area contributed by atoms with Gasteiger partial charge in [-0.25, -0.2) is 8.42 Å². The molecule has 1 N–H and O–H groups in total. The van der Waals surface area contributed by atoms with E-state index < -0.39 is 28.2 Å². The number of anilines is 1. The number of fused-ring (bicyclic) bond motifs is 1. The molecule has 1 aromatic carbocycles. The van der Waals surface area contributed by atoms with Crippen molar-refractivity contribution in [3.8, 4) is 0 Å². The lowest BCUT2D eigenvalue weighted by Gasteiger charge is -2.34. The van der Waals surface area contributed by atoms with Gasteiger partial charge in [-0.05, 0) is 56.0 Å². The summed E-state index contributed by atoms with van der Waals surface area (Å²) < 4.78 is 63.5. The molecule has 2 aliphatic heterocycles. The lowest BCUT2D eigenvalue weighted by Crippen LogP contribution is -2.40. The second-order valence-corrected chi connectivity index (χ2v) is 9.37. The van der Waals surface area contributed by atoms with E-state index in [0.29, 0.717) is 37.3 Å². The highest BCUT2D eigenvalue weighted by Crippen LogP contribution is 2.35. The molecule has 1 fully saturated rings. The SMILES string of the molecule is CS(=O)(=O)N1CCCc2cc(C(O)CN3CCC(C(F)(F)F)CC3)ccc21. The number of likely N-dealkylation sites (tertiary alicyclic amines) is 1. The first kappa shape index (κ1) is 20.4. The van der Waals surface area contributed by atoms with Crippen LogP contribution in [0.5, 0.6) is 0 Å². The largest absolute Gasteiger partial charge is 0.391 e. The quantitative estimate of drug-likeness (QED) is 0.835. The predicted molar refractivity (Wildman–Crippen MR) is 97.1 cm³/mol. The lowest BCUT2D eigenvalue weighted by molar-refractivity contribution is -0.185. The first-order valence-corrected chi connectivity index (χ1v) is 11.0. The van der Waals surface area contributed by atoms with Gasteiger partial charge < -0.3 is 10.0 Å². The molecule has 0 saturated carbocycles. The van der Waals surface area contributed by atoms with E-state index in [2.05, 4.69) is 0 Å². The summed E-state index contributed by atoms with van der Waals surface area (Å²) in [5.74, 6) is -1.25. The summed E-state index contributed by atoms with van der Waals surface area (Å²) in [5.41, 5.74) is 2.19. The van der Waals surface area contributed by atoms with Crippen LogP contribution in [0, 0.1) is 5.92 Å². The third-order valence-corrected chi connectivity index (χ3v) is 6.63. The van der Waals surface area contributed by atoms with Crippen molar-refractivity contribution >= 4 is 15.7 Å². The molecule has 0 aliphatic carbocycles. The van der Waals surface area contributed by atoms with E-state index in [-0.39, 0.29) is 19.4 Å². The van der Waals surface area contributed by atoms with Gasteiger partial charge in [-0.1, -0.05) is 12.1 Å². The Morgan fingerprint density at radius 3 is 2.48 bits per heavy atom. The molecule has 0 bridgehead atoms. The standard InChI is InChI=1S/C18H25F3N2O3S/c1-27(25,26)23-8-2-3-13-11-14(4-5-16(13)23)17(24)12-22-9-6-15(7-10-22)18(19,20)21/h4-5,11,15,17,24H,2-3,6-10,12H2,1H3. The molecular formula is C18H25F3N2O3S. The summed E-state index contributed by atoms with van der Waals surface area (Å²) in [7, 11) is -3.34. The molecule has 2 heterocycles. The Kier molecular flexibility index (Phi) is 5.74. The number of alkyl halides is 3. The number of aliphatic hydroxyl groups is 1. The van der Waals surface area contributed by atoms with Crippen LogP contribution in [-0.2, 0) is 16.4 Å². The van der Waals surface area contributed by atoms with Crippen LogP contribution >= 0.6 is 0 Å². The maximum atomic E-state index is 12.8. The zero-order valence-electron chi connectivity index (χ0n) is 15.2. The Morgan fingerprint density at radius 2 is 1.89 bits per heavy atom. The van der Waals surface area contributed by atoms with E-state index in [1.54, 1.807) is 12.1 Å². The minimum absolute atomic E-state index is 0.0593. The fourth-order valence-electron chi connectivity index (χ4n) is 3.93. The van der Waals surface area contributed by atoms with Crippen LogP contribution in [-0.4, -0.2) is 57.0 Å². The van der Waals surface area contributed by atoms with Crippen molar-refractivity contribution in [2.75, 3.05) is 36.7 Å². The van der Waals surface area contributed by atoms with Gasteiger partial charge in [0.1, 0.15) is 0 Å². The average Bonchev–Trinajstić information content (AvgIpc) is 2.59. The first-order chi connectivity index (χ1) is 12.6. The zero-order chi connectivity index (χ0) is 19.8. The van der Waals surface area contributed by atoms with E-state index in [1.165, 1.54) is 10.6 Å². The topological polar surface area (TPSA) is 60.9 Å². The third kappa shape index (κ3) is 4.75. The van der Waals surface area contributed by atoms with Crippen molar-refractivity contribution in [2.45, 2.75) is 38.0 Å². The number of hydrogen-bond acceptors (Lipinski definition) is 4. The Morgan fingerprint density at radius 1 is 1.22 bits per heavy atom. The van der Waals surface area contributed by atoms with E-state index in [0.717, 1.165) is 12.0 Å². The fraction of sp³-hybridized carbons (Fsp3) is 0.667. The molecular weight excluding hydrogens is 381 g/mol. The Labute approximate surface area is 157 Å². The van der Waals surface area contributed by atoms with Crippen LogP contribution in [0.2, 0.25) is 0 Å².